The summed E-state index contributed by atoms with van der Waals surface area (Å²) in [6.45, 7) is 1.86. The molecule has 2 aromatic heterocycles. The van der Waals surface area contributed by atoms with Gasteiger partial charge in [-0.1, -0.05) is 11.2 Å². The molecule has 0 aromatic carbocycles. The minimum absolute atomic E-state index is 0. The van der Waals surface area contributed by atoms with Crippen molar-refractivity contribution in [3.8, 4) is 0 Å². The Labute approximate surface area is 228 Å². The summed E-state index contributed by atoms with van der Waals surface area (Å²) in [6, 6.07) is -0.913. The van der Waals surface area contributed by atoms with Crippen molar-refractivity contribution in [3.05, 3.63) is 44.5 Å². The molecular formula is C19H19N6NaO5S3. The summed E-state index contributed by atoms with van der Waals surface area (Å²) in [5, 5.41) is 17.4. The third kappa shape index (κ3) is 5.06. The number of nitrogens with one attached hydrogen (secondary N) is 1. The molecule has 2 aliphatic heterocycles. The Morgan fingerprint density at radius 2 is 2.15 bits per heavy atom. The van der Waals surface area contributed by atoms with Crippen LogP contribution in [0.25, 0.3) is 6.08 Å². The first-order valence-electron chi connectivity index (χ1n) is 9.44. The summed E-state index contributed by atoms with van der Waals surface area (Å²) >= 11 is 3.94. The maximum absolute atomic E-state index is 12.9. The zero-order valence-corrected chi connectivity index (χ0v) is 19.8. The first-order chi connectivity index (χ1) is 15.8. The van der Waals surface area contributed by atoms with Crippen LogP contribution in [0.5, 0.6) is 0 Å². The summed E-state index contributed by atoms with van der Waals surface area (Å²) in [6.07, 6.45) is 3.49. The Kier molecular flexibility index (Phi) is 8.54. The maximum atomic E-state index is 12.9. The third-order valence-electron chi connectivity index (χ3n) is 4.87. The van der Waals surface area contributed by atoms with Gasteiger partial charge in [0, 0.05) is 16.0 Å². The van der Waals surface area contributed by atoms with Crippen molar-refractivity contribution < 1.29 is 24.3 Å². The van der Waals surface area contributed by atoms with E-state index in [2.05, 4.69) is 20.4 Å². The first-order valence-corrected chi connectivity index (χ1v) is 12.2. The van der Waals surface area contributed by atoms with Crippen LogP contribution < -0.4 is 11.1 Å². The van der Waals surface area contributed by atoms with E-state index in [1.807, 2.05) is 6.92 Å². The van der Waals surface area contributed by atoms with E-state index in [4.69, 9.17) is 10.6 Å². The number of thiazole rings is 2. The second-order valence-electron chi connectivity index (χ2n) is 6.87. The van der Waals surface area contributed by atoms with Crippen LogP contribution in [0.2, 0.25) is 0 Å². The Morgan fingerprint density at radius 1 is 1.38 bits per heavy atom. The molecule has 0 saturated carbocycles. The summed E-state index contributed by atoms with van der Waals surface area (Å²) in [5.41, 5.74) is 8.68. The fourth-order valence-corrected chi connectivity index (χ4v) is 5.88. The number of amides is 2. The van der Waals surface area contributed by atoms with Crippen LogP contribution in [0.15, 0.2) is 33.4 Å². The van der Waals surface area contributed by atoms with Gasteiger partial charge < -0.3 is 21.0 Å². The predicted octanol–water partition coefficient (Wildman–Crippen LogP) is 0.644. The molecule has 2 amide bonds. The molecule has 1 unspecified atom stereocenters. The monoisotopic (exact) mass is 530 g/mol. The number of nitrogens with zero attached hydrogens (tertiary/aromatic N) is 4. The summed E-state index contributed by atoms with van der Waals surface area (Å²) in [5.74, 6) is -2.04. The van der Waals surface area contributed by atoms with Gasteiger partial charge in [0.05, 0.1) is 11.2 Å². The number of aliphatic carboxylic acids is 1. The van der Waals surface area contributed by atoms with Gasteiger partial charge in [-0.25, -0.2) is 14.8 Å². The average Bonchev–Trinajstić information content (AvgIpc) is 3.40. The summed E-state index contributed by atoms with van der Waals surface area (Å²) in [4.78, 5) is 52.7. The van der Waals surface area contributed by atoms with Gasteiger partial charge in [0.1, 0.15) is 29.9 Å². The van der Waals surface area contributed by atoms with Gasteiger partial charge in [-0.3, -0.25) is 14.5 Å². The molecule has 34 heavy (non-hydrogen) atoms. The van der Waals surface area contributed by atoms with Gasteiger partial charge in [-0.15, -0.1) is 34.4 Å². The van der Waals surface area contributed by atoms with E-state index in [-0.39, 0.29) is 51.8 Å². The quantitative estimate of drug-likeness (QED) is 0.202. The third-order valence-corrected chi connectivity index (χ3v) is 7.74. The zero-order valence-electron chi connectivity index (χ0n) is 17.3. The van der Waals surface area contributed by atoms with Gasteiger partial charge in [0.25, 0.3) is 11.8 Å². The van der Waals surface area contributed by atoms with Crippen molar-refractivity contribution in [2.75, 3.05) is 18.6 Å². The number of carboxylic acid groups (broad SMARTS) is 1. The molecule has 2 aliphatic rings. The van der Waals surface area contributed by atoms with Crippen LogP contribution in [0.4, 0.5) is 5.13 Å². The molecule has 2 aromatic rings. The molecule has 174 valence electrons. The van der Waals surface area contributed by atoms with Gasteiger partial charge in [0.15, 0.2) is 10.8 Å². The van der Waals surface area contributed by atoms with E-state index in [9.17, 15) is 19.5 Å². The van der Waals surface area contributed by atoms with Crippen LogP contribution in [-0.4, -0.2) is 97.3 Å². The molecule has 0 aliphatic carbocycles. The number of oxime groups is 1. The molecule has 2 atom stereocenters. The Bertz CT molecular complexity index is 1220. The number of allylic oxidation sites excluding steroid dienone is 1. The Hall–Kier alpha value is -2.23. The minimum atomic E-state index is -1.21. The molecule has 15 heteroatoms. The van der Waals surface area contributed by atoms with Crippen molar-refractivity contribution >= 4 is 98.7 Å². The first kappa shape index (κ1) is 26.4. The number of aryl methyl sites for hydroxylation is 1. The van der Waals surface area contributed by atoms with Crippen LogP contribution in [0.3, 0.4) is 0 Å². The molecule has 0 spiro atoms. The van der Waals surface area contributed by atoms with E-state index in [0.717, 1.165) is 21.9 Å². The van der Waals surface area contributed by atoms with E-state index in [1.165, 1.54) is 35.1 Å². The number of fused-ring (bicyclic) bond motifs is 1. The van der Waals surface area contributed by atoms with E-state index in [0.29, 0.717) is 11.3 Å². The molecule has 1 fully saturated rings. The number of nitrogens with two attached hydrogens (primary N) is 1. The molecule has 11 nitrogen and oxygen atoms in total. The van der Waals surface area contributed by atoms with Gasteiger partial charge in [-0.2, -0.15) is 0 Å². The molecule has 4 N–H and O–H groups in total. The zero-order chi connectivity index (χ0) is 23.7. The number of carbonyl (C=O) groups is 3. The number of nitrogen functional groups attached to an aromatic ring is 1. The number of thioether (sulfide) groups is 1. The van der Waals surface area contributed by atoms with Crippen LogP contribution in [0.1, 0.15) is 16.3 Å². The van der Waals surface area contributed by atoms with Gasteiger partial charge in [-0.05, 0) is 18.6 Å². The molecule has 0 bridgehead atoms. The van der Waals surface area contributed by atoms with Crippen molar-refractivity contribution in [3.63, 3.8) is 0 Å². The Balaban J connectivity index is 0.00000324. The van der Waals surface area contributed by atoms with Crippen molar-refractivity contribution in [2.45, 2.75) is 18.3 Å². The van der Waals surface area contributed by atoms with Crippen molar-refractivity contribution in [2.24, 2.45) is 5.16 Å². The van der Waals surface area contributed by atoms with Crippen molar-refractivity contribution in [1.82, 2.24) is 20.2 Å². The van der Waals surface area contributed by atoms with Gasteiger partial charge >= 0.3 is 35.5 Å². The molecule has 1 saturated heterocycles. The standard InChI is InChI=1S/C19H18N6O5S3.Na.H/c1-8-11(33-7-21-8)4-3-9-5-31-17-13(16(27)25(17)14(9)18(28)29)23-15(26)12(24-30-2)10-6-32-19(20)22-10;;/h3-4,6-7,13,17H,5H2,1-2H3,(H2,20,22)(H,23,26)(H,28,29);;/b4-3+,24-12+;;/t13?,17-;;/m1../s1. The molecule has 0 radical (unpaired) electrons. The van der Waals surface area contributed by atoms with Crippen LogP contribution in [-0.2, 0) is 19.2 Å². The number of β-lactam (4-membered cyclic amide) rings is 1. The Morgan fingerprint density at radius 3 is 2.74 bits per heavy atom. The predicted molar refractivity (Wildman–Crippen MR) is 133 cm³/mol. The summed E-state index contributed by atoms with van der Waals surface area (Å²) < 4.78 is 0. The number of carbonyl (C=O) groups excluding carboxylic acids is 2. The fraction of sp³-hybridized carbons (Fsp3) is 0.263. The second kappa shape index (κ2) is 11.0. The normalized spacial score (nSPS) is 20.0. The number of carboxylic acids is 1. The SMILES string of the molecule is CO/N=C(/C(=O)NC1C(=O)N2C(C(=O)O)=C(/C=C/c3scnc3C)CS[C@H]12)c1csc(N)n1.[NaH]. The van der Waals surface area contributed by atoms with Crippen molar-refractivity contribution in [1.29, 1.82) is 0 Å². The number of aromatic nitrogens is 2. The second-order valence-corrected chi connectivity index (χ2v) is 9.75. The average molecular weight is 531 g/mol. The van der Waals surface area contributed by atoms with E-state index in [1.54, 1.807) is 23.0 Å². The number of anilines is 1. The number of hydrogen-bond donors (Lipinski definition) is 3. The summed E-state index contributed by atoms with van der Waals surface area (Å²) in [7, 11) is 1.28. The molecule has 4 rings (SSSR count). The van der Waals surface area contributed by atoms with E-state index < -0.39 is 29.2 Å². The number of rotatable bonds is 7. The number of hydrogen-bond acceptors (Lipinski definition) is 11. The molecular weight excluding hydrogens is 511 g/mol. The van der Waals surface area contributed by atoms with Crippen LogP contribution >= 0.6 is 34.4 Å². The van der Waals surface area contributed by atoms with E-state index >= 15 is 0 Å². The van der Waals surface area contributed by atoms with Gasteiger partial charge in [0.2, 0.25) is 0 Å². The topological polar surface area (TPSA) is 160 Å². The molecule has 4 heterocycles. The van der Waals surface area contributed by atoms with Crippen LogP contribution in [0, 0.1) is 6.92 Å². The fourth-order valence-electron chi connectivity index (χ4n) is 3.32.